The molecule has 78 valence electrons. The number of carbonyl (C=O) groups is 1. The van der Waals surface area contributed by atoms with Crippen molar-refractivity contribution in [3.8, 4) is 0 Å². The molecule has 0 amide bonds. The summed E-state index contributed by atoms with van der Waals surface area (Å²) in [6, 6.07) is 9.33. The summed E-state index contributed by atoms with van der Waals surface area (Å²) >= 11 is 0. The van der Waals surface area contributed by atoms with Crippen molar-refractivity contribution < 1.29 is 4.79 Å². The molecule has 0 aliphatic heterocycles. The Morgan fingerprint density at radius 2 is 1.93 bits per heavy atom. The molecule has 0 heterocycles. The van der Waals surface area contributed by atoms with E-state index in [2.05, 4.69) is 5.32 Å². The van der Waals surface area contributed by atoms with Crippen LogP contribution in [0.3, 0.4) is 0 Å². The van der Waals surface area contributed by atoms with Crippen LogP contribution in [0.15, 0.2) is 30.3 Å². The predicted molar refractivity (Wildman–Crippen MR) is 61.2 cm³/mol. The van der Waals surface area contributed by atoms with Crippen LogP contribution in [-0.4, -0.2) is 18.9 Å². The van der Waals surface area contributed by atoms with Gasteiger partial charge in [0.25, 0.3) is 0 Å². The number of rotatable bonds is 4. The minimum atomic E-state index is -0.0533. The molecule has 1 unspecified atom stereocenters. The fourth-order valence-corrected chi connectivity index (χ4v) is 1.32. The smallest absolute Gasteiger partial charge is 0.179 e. The van der Waals surface area contributed by atoms with Crippen LogP contribution in [0.4, 0.5) is 0 Å². The third-order valence-electron chi connectivity index (χ3n) is 2.13. The largest absolute Gasteiger partial charge is 0.310 e. The molecule has 0 fully saturated rings. The summed E-state index contributed by atoms with van der Waals surface area (Å²) in [7, 11) is 1.81. The van der Waals surface area contributed by atoms with Gasteiger partial charge >= 0.3 is 0 Å². The van der Waals surface area contributed by atoms with Gasteiger partial charge in [0, 0.05) is 5.56 Å². The molecule has 2 nitrogen and oxygen atoms in total. The van der Waals surface area contributed by atoms with Crippen LogP contribution in [0.1, 0.15) is 23.7 Å². The minimum Gasteiger partial charge on any atom is -0.310 e. The summed E-state index contributed by atoms with van der Waals surface area (Å²) in [4.78, 5) is 11.7. The van der Waals surface area contributed by atoms with E-state index in [4.69, 9.17) is 0 Å². The van der Waals surface area contributed by atoms with E-state index in [-0.39, 0.29) is 24.2 Å². The van der Waals surface area contributed by atoms with Gasteiger partial charge in [-0.15, -0.1) is 12.4 Å². The van der Waals surface area contributed by atoms with Gasteiger partial charge in [0.15, 0.2) is 5.78 Å². The first kappa shape index (κ1) is 13.1. The quantitative estimate of drug-likeness (QED) is 0.788. The number of likely N-dealkylation sites (N-methyl/N-ethyl adjacent to an activating group) is 1. The van der Waals surface area contributed by atoms with Crippen molar-refractivity contribution in [2.45, 2.75) is 19.4 Å². The van der Waals surface area contributed by atoms with Crippen molar-refractivity contribution in [3.63, 3.8) is 0 Å². The predicted octanol–water partition coefficient (Wildman–Crippen LogP) is 2.29. The molecule has 0 bridgehead atoms. The van der Waals surface area contributed by atoms with Gasteiger partial charge < -0.3 is 5.32 Å². The number of halogens is 1. The number of hydrogen-bond donors (Lipinski definition) is 1. The summed E-state index contributed by atoms with van der Waals surface area (Å²) in [5.41, 5.74) is 0.781. The number of nitrogens with one attached hydrogen (secondary N) is 1. The summed E-state index contributed by atoms with van der Waals surface area (Å²) in [5, 5.41) is 3.00. The molecule has 1 rings (SSSR count). The second kappa shape index (κ2) is 6.57. The van der Waals surface area contributed by atoms with Crippen molar-refractivity contribution in [2.75, 3.05) is 7.05 Å². The monoisotopic (exact) mass is 219 g/mol. The molecule has 0 radical (unpaired) electrons. The molecule has 0 saturated carbocycles. The van der Waals surface area contributed by atoms with E-state index in [9.17, 15) is 4.79 Å². The summed E-state index contributed by atoms with van der Waals surface area (Å²) < 4.78 is 0. The lowest BCUT2D eigenvalue weighted by Crippen LogP contribution is -2.33. The molecule has 1 atom stereocenters. The summed E-state index contributed by atoms with van der Waals surface area (Å²) in [5.74, 6) is 0.172. The standard InChI is InChI=1S/C11H15NO.ClH/c1-3-10(12-2)11(13)9-7-5-4-6-8-9;/h4-8,10,12H,3H2,1-2H3;1H/i4+1,5+1,6+1,7+1,8+1,9+1;. The van der Waals surface area contributed by atoms with Gasteiger partial charge in [-0.3, -0.25) is 4.79 Å². The Bertz CT molecular complexity index is 270. The van der Waals surface area contributed by atoms with E-state index < -0.39 is 0 Å². The lowest BCUT2D eigenvalue weighted by molar-refractivity contribution is 0.0945. The first-order chi connectivity index (χ1) is 6.29. The number of carbonyl (C=O) groups excluding carboxylic acids is 1. The molecule has 1 N–H and O–H groups in total. The molecule has 3 heteroatoms. The minimum absolute atomic E-state index is 0. The normalized spacial score (nSPS) is 11.6. The molecule has 0 saturated heterocycles. The lowest BCUT2D eigenvalue weighted by Gasteiger charge is -2.11. The van der Waals surface area contributed by atoms with E-state index in [0.717, 1.165) is 12.0 Å². The van der Waals surface area contributed by atoms with Crippen LogP contribution in [0, 0.1) is 0 Å². The zero-order chi connectivity index (χ0) is 9.68. The van der Waals surface area contributed by atoms with Crippen LogP contribution in [0.2, 0.25) is 0 Å². The van der Waals surface area contributed by atoms with Crippen LogP contribution in [-0.2, 0) is 0 Å². The molecule has 0 spiro atoms. The van der Waals surface area contributed by atoms with E-state index in [1.165, 1.54) is 0 Å². The van der Waals surface area contributed by atoms with Gasteiger partial charge in [-0.1, -0.05) is 37.3 Å². The Balaban J connectivity index is 0.00000169. The van der Waals surface area contributed by atoms with Gasteiger partial charge in [-0.05, 0) is 13.5 Å². The Morgan fingerprint density at radius 1 is 1.36 bits per heavy atom. The highest BCUT2D eigenvalue weighted by atomic mass is 35.5. The second-order valence-electron chi connectivity index (χ2n) is 2.98. The zero-order valence-corrected chi connectivity index (χ0v) is 9.30. The summed E-state index contributed by atoms with van der Waals surface area (Å²) in [6.45, 7) is 2.00. The Hall–Kier alpha value is -0.860. The van der Waals surface area contributed by atoms with Crippen molar-refractivity contribution >= 4 is 18.2 Å². The average Bonchev–Trinajstić information content (AvgIpc) is 2.21. The van der Waals surface area contributed by atoms with Gasteiger partial charge in [-0.2, -0.15) is 0 Å². The maximum Gasteiger partial charge on any atom is 0.179 e. The van der Waals surface area contributed by atoms with Gasteiger partial charge in [0.1, 0.15) is 0 Å². The third-order valence-corrected chi connectivity index (χ3v) is 2.13. The van der Waals surface area contributed by atoms with Crippen LogP contribution < -0.4 is 5.32 Å². The van der Waals surface area contributed by atoms with Crippen LogP contribution in [0.25, 0.3) is 0 Å². The number of ketones is 1. The molecule has 1 aromatic rings. The summed E-state index contributed by atoms with van der Waals surface area (Å²) in [6.07, 6.45) is 0.824. The highest BCUT2D eigenvalue weighted by Gasteiger charge is 2.14. The topological polar surface area (TPSA) is 29.1 Å². The highest BCUT2D eigenvalue weighted by Crippen LogP contribution is 2.05. The van der Waals surface area contributed by atoms with Crippen molar-refractivity contribution in [2.24, 2.45) is 0 Å². The zero-order valence-electron chi connectivity index (χ0n) is 8.49. The molecule has 0 aromatic heterocycles. The van der Waals surface area contributed by atoms with Gasteiger partial charge in [0.05, 0.1) is 6.04 Å². The number of hydrogen-bond acceptors (Lipinski definition) is 2. The highest BCUT2D eigenvalue weighted by molar-refractivity contribution is 5.99. The van der Waals surface area contributed by atoms with Crippen molar-refractivity contribution in [3.05, 3.63) is 35.9 Å². The van der Waals surface area contributed by atoms with Gasteiger partial charge in [0.2, 0.25) is 0 Å². The SMILES string of the molecule is CCC(NC)C(=O)[13c]1[13cH][13cH][13cH][13cH][13cH]1.Cl. The fourth-order valence-electron chi connectivity index (χ4n) is 1.32. The molecule has 0 aliphatic rings. The first-order valence-corrected chi connectivity index (χ1v) is 4.56. The third kappa shape index (κ3) is 3.13. The molecule has 0 aliphatic carbocycles. The van der Waals surface area contributed by atoms with Crippen LogP contribution in [0.5, 0.6) is 0 Å². The Labute approximate surface area is 91.1 Å². The van der Waals surface area contributed by atoms with Crippen LogP contribution >= 0.6 is 12.4 Å². The average molecular weight is 220 g/mol. The van der Waals surface area contributed by atoms with Gasteiger partial charge in [-0.25, -0.2) is 0 Å². The second-order valence-corrected chi connectivity index (χ2v) is 2.98. The lowest BCUT2D eigenvalue weighted by atomic mass is 10.2. The molecular formula is C11H16ClNO. The van der Waals surface area contributed by atoms with Crippen molar-refractivity contribution in [1.82, 2.24) is 5.32 Å². The maximum absolute atomic E-state index is 11.7. The maximum atomic E-state index is 11.7. The first-order valence-electron chi connectivity index (χ1n) is 4.56. The van der Waals surface area contributed by atoms with Crippen molar-refractivity contribution in [1.29, 1.82) is 0 Å². The fraction of sp³-hybridized carbons (Fsp3) is 0.364. The molecular weight excluding hydrogens is 204 g/mol. The van der Waals surface area contributed by atoms with E-state index >= 15 is 0 Å². The van der Waals surface area contributed by atoms with E-state index in [1.807, 2.05) is 44.3 Å². The Morgan fingerprint density at radius 3 is 2.36 bits per heavy atom. The van der Waals surface area contributed by atoms with E-state index in [0.29, 0.717) is 0 Å². The molecule has 1 aromatic carbocycles. The molecule has 14 heavy (non-hydrogen) atoms. The number of benzene rings is 1. The number of Topliss-reactive ketones (excluding diaryl/α,β-unsaturated/α-hetero) is 1. The Kier molecular flexibility index (Phi) is 6.17. The van der Waals surface area contributed by atoms with E-state index in [1.54, 1.807) is 0 Å².